The smallest absolute Gasteiger partial charge is 0.0958 e. The molecular weight excluding hydrogens is 212 g/mol. The van der Waals surface area contributed by atoms with Crippen LogP contribution in [0.15, 0.2) is 36.8 Å². The van der Waals surface area contributed by atoms with Crippen molar-refractivity contribution >= 4 is 0 Å². The minimum atomic E-state index is -0.332. The molecule has 1 N–H and O–H groups in total. The highest BCUT2D eigenvalue weighted by Gasteiger charge is 2.39. The minimum Gasteiger partial charge on any atom is -0.393 e. The Morgan fingerprint density at radius 3 is 2.94 bits per heavy atom. The lowest BCUT2D eigenvalue weighted by Crippen LogP contribution is -2.31. The van der Waals surface area contributed by atoms with Crippen molar-refractivity contribution in [2.24, 2.45) is 0 Å². The SMILES string of the molecule is C[C@@H](O)C[C@@]1(C)c2ccccc2-c2cncn21. The molecule has 0 unspecified atom stereocenters. The maximum atomic E-state index is 9.73. The molecule has 0 aliphatic carbocycles. The lowest BCUT2D eigenvalue weighted by molar-refractivity contribution is 0.144. The first kappa shape index (κ1) is 10.5. The van der Waals surface area contributed by atoms with E-state index < -0.39 is 0 Å². The minimum absolute atomic E-state index is 0.184. The van der Waals surface area contributed by atoms with Crippen LogP contribution in [0.2, 0.25) is 0 Å². The normalized spacial score (nSPS) is 23.2. The summed E-state index contributed by atoms with van der Waals surface area (Å²) < 4.78 is 2.17. The maximum Gasteiger partial charge on any atom is 0.0958 e. The zero-order chi connectivity index (χ0) is 12.0. The molecule has 88 valence electrons. The van der Waals surface area contributed by atoms with E-state index in [1.54, 1.807) is 0 Å². The number of nitrogens with zero attached hydrogens (tertiary/aromatic N) is 2. The molecule has 0 fully saturated rings. The average Bonchev–Trinajstić information content (AvgIpc) is 2.83. The van der Waals surface area contributed by atoms with Crippen molar-refractivity contribution in [3.05, 3.63) is 42.4 Å². The summed E-state index contributed by atoms with van der Waals surface area (Å²) >= 11 is 0. The number of fused-ring (bicyclic) bond motifs is 3. The first-order valence-electron chi connectivity index (χ1n) is 5.94. The van der Waals surface area contributed by atoms with E-state index in [0.717, 1.165) is 5.69 Å². The molecule has 2 aromatic rings. The van der Waals surface area contributed by atoms with Gasteiger partial charge in [0.05, 0.1) is 29.9 Å². The Morgan fingerprint density at radius 1 is 1.41 bits per heavy atom. The Balaban J connectivity index is 2.24. The van der Waals surface area contributed by atoms with Crippen LogP contribution in [0.5, 0.6) is 0 Å². The van der Waals surface area contributed by atoms with Gasteiger partial charge in [-0.1, -0.05) is 24.3 Å². The highest BCUT2D eigenvalue weighted by molar-refractivity contribution is 5.70. The number of aromatic nitrogens is 2. The molecule has 1 aromatic heterocycles. The Morgan fingerprint density at radius 2 is 2.18 bits per heavy atom. The van der Waals surface area contributed by atoms with E-state index in [2.05, 4.69) is 34.7 Å². The van der Waals surface area contributed by atoms with Gasteiger partial charge >= 0.3 is 0 Å². The van der Waals surface area contributed by atoms with Gasteiger partial charge in [0.25, 0.3) is 0 Å². The monoisotopic (exact) mass is 228 g/mol. The zero-order valence-corrected chi connectivity index (χ0v) is 10.1. The van der Waals surface area contributed by atoms with E-state index in [4.69, 9.17) is 0 Å². The van der Waals surface area contributed by atoms with Gasteiger partial charge in [-0.05, 0) is 19.4 Å². The molecule has 2 heterocycles. The molecule has 0 saturated carbocycles. The molecule has 3 rings (SSSR count). The van der Waals surface area contributed by atoms with Gasteiger partial charge in [-0.2, -0.15) is 0 Å². The highest BCUT2D eigenvalue weighted by Crippen LogP contribution is 2.45. The highest BCUT2D eigenvalue weighted by atomic mass is 16.3. The van der Waals surface area contributed by atoms with Crippen molar-refractivity contribution < 1.29 is 5.11 Å². The molecule has 0 bridgehead atoms. The standard InChI is InChI=1S/C14H16N2O/c1-10(17)7-14(2)12-6-4-3-5-11(12)13-8-15-9-16(13)14/h3-6,8-10,17H,7H2,1-2H3/t10-,14+/m1/s1. The molecule has 3 nitrogen and oxygen atoms in total. The van der Waals surface area contributed by atoms with E-state index in [-0.39, 0.29) is 11.6 Å². The van der Waals surface area contributed by atoms with Crippen LogP contribution in [0.1, 0.15) is 25.8 Å². The van der Waals surface area contributed by atoms with E-state index in [0.29, 0.717) is 6.42 Å². The van der Waals surface area contributed by atoms with Gasteiger partial charge in [0.2, 0.25) is 0 Å². The summed E-state index contributed by atoms with van der Waals surface area (Å²) in [4.78, 5) is 4.23. The fraction of sp³-hybridized carbons (Fsp3) is 0.357. The van der Waals surface area contributed by atoms with Crippen LogP contribution in [0, 0.1) is 0 Å². The second kappa shape index (κ2) is 3.44. The number of aliphatic hydroxyl groups excluding tert-OH is 1. The van der Waals surface area contributed by atoms with Crippen LogP contribution in [-0.2, 0) is 5.54 Å². The first-order chi connectivity index (χ1) is 8.13. The third-order valence-corrected chi connectivity index (χ3v) is 3.65. The van der Waals surface area contributed by atoms with Gasteiger partial charge in [0.1, 0.15) is 0 Å². The lowest BCUT2D eigenvalue weighted by atomic mass is 9.86. The summed E-state index contributed by atoms with van der Waals surface area (Å²) in [5, 5.41) is 9.73. The van der Waals surface area contributed by atoms with Crippen LogP contribution in [0.4, 0.5) is 0 Å². The van der Waals surface area contributed by atoms with Crippen molar-refractivity contribution in [3.63, 3.8) is 0 Å². The first-order valence-corrected chi connectivity index (χ1v) is 5.94. The molecule has 0 amide bonds. The number of hydrogen-bond donors (Lipinski definition) is 1. The van der Waals surface area contributed by atoms with E-state index in [1.807, 2.05) is 25.5 Å². The van der Waals surface area contributed by atoms with Crippen LogP contribution in [0.25, 0.3) is 11.3 Å². The Kier molecular flexibility index (Phi) is 2.13. The Hall–Kier alpha value is -1.61. The molecular formula is C14H16N2O. The summed E-state index contributed by atoms with van der Waals surface area (Å²) in [5.41, 5.74) is 3.46. The van der Waals surface area contributed by atoms with Crippen molar-refractivity contribution in [1.82, 2.24) is 9.55 Å². The van der Waals surface area contributed by atoms with E-state index in [9.17, 15) is 5.11 Å². The summed E-state index contributed by atoms with van der Waals surface area (Å²) in [5.74, 6) is 0. The third kappa shape index (κ3) is 1.35. The van der Waals surface area contributed by atoms with Gasteiger partial charge in [-0.15, -0.1) is 0 Å². The van der Waals surface area contributed by atoms with Gasteiger partial charge in [0, 0.05) is 12.0 Å². The summed E-state index contributed by atoms with van der Waals surface area (Å²) in [6.07, 6.45) is 4.12. The molecule has 0 spiro atoms. The number of hydrogen-bond acceptors (Lipinski definition) is 2. The van der Waals surface area contributed by atoms with Crippen molar-refractivity contribution in [2.45, 2.75) is 31.9 Å². The van der Waals surface area contributed by atoms with Gasteiger partial charge in [0.15, 0.2) is 0 Å². The van der Waals surface area contributed by atoms with Crippen LogP contribution in [0.3, 0.4) is 0 Å². The maximum absolute atomic E-state index is 9.73. The predicted octanol–water partition coefficient (Wildman–Crippen LogP) is 2.40. The molecule has 2 atom stereocenters. The number of benzene rings is 1. The molecule has 17 heavy (non-hydrogen) atoms. The van der Waals surface area contributed by atoms with Crippen molar-refractivity contribution in [1.29, 1.82) is 0 Å². The fourth-order valence-corrected chi connectivity index (χ4v) is 2.98. The Labute approximate surface area is 101 Å². The van der Waals surface area contributed by atoms with Gasteiger partial charge in [-0.25, -0.2) is 4.98 Å². The number of rotatable bonds is 2. The average molecular weight is 228 g/mol. The topological polar surface area (TPSA) is 38.1 Å². The molecule has 0 radical (unpaired) electrons. The summed E-state index contributed by atoms with van der Waals surface area (Å²) in [6, 6.07) is 8.37. The number of aliphatic hydroxyl groups is 1. The largest absolute Gasteiger partial charge is 0.393 e. The number of imidazole rings is 1. The molecule has 1 aromatic carbocycles. The van der Waals surface area contributed by atoms with E-state index in [1.165, 1.54) is 11.1 Å². The van der Waals surface area contributed by atoms with Gasteiger partial charge < -0.3 is 9.67 Å². The molecule has 1 aliphatic heterocycles. The van der Waals surface area contributed by atoms with Crippen molar-refractivity contribution in [2.75, 3.05) is 0 Å². The van der Waals surface area contributed by atoms with E-state index >= 15 is 0 Å². The third-order valence-electron chi connectivity index (χ3n) is 3.65. The Bertz CT molecular complexity index is 559. The second-order valence-electron chi connectivity index (χ2n) is 5.02. The fourth-order valence-electron chi connectivity index (χ4n) is 2.98. The van der Waals surface area contributed by atoms with Crippen LogP contribution >= 0.6 is 0 Å². The van der Waals surface area contributed by atoms with Crippen molar-refractivity contribution in [3.8, 4) is 11.3 Å². The molecule has 0 saturated heterocycles. The summed E-state index contributed by atoms with van der Waals surface area (Å²) in [7, 11) is 0. The van der Waals surface area contributed by atoms with Crippen LogP contribution in [-0.4, -0.2) is 20.8 Å². The summed E-state index contributed by atoms with van der Waals surface area (Å²) in [6.45, 7) is 4.00. The van der Waals surface area contributed by atoms with Crippen LogP contribution < -0.4 is 0 Å². The quantitative estimate of drug-likeness (QED) is 0.857. The zero-order valence-electron chi connectivity index (χ0n) is 10.1. The van der Waals surface area contributed by atoms with Gasteiger partial charge in [-0.3, -0.25) is 0 Å². The predicted molar refractivity (Wildman–Crippen MR) is 66.7 cm³/mol. The lowest BCUT2D eigenvalue weighted by Gasteiger charge is -2.29. The second-order valence-corrected chi connectivity index (χ2v) is 5.02. The molecule has 3 heteroatoms. The molecule has 1 aliphatic rings.